The summed E-state index contributed by atoms with van der Waals surface area (Å²) in [6.45, 7) is -0.298. The van der Waals surface area contributed by atoms with Gasteiger partial charge in [-0.15, -0.1) is 0 Å². The van der Waals surface area contributed by atoms with Crippen LogP contribution in [0.1, 0.15) is 0 Å². The minimum atomic E-state index is -0.298. The van der Waals surface area contributed by atoms with E-state index in [-0.39, 0.29) is 6.79 Å². The van der Waals surface area contributed by atoms with Crippen LogP contribution in [0.2, 0.25) is 0 Å². The Morgan fingerprint density at radius 2 is 2.07 bits per heavy atom. The molecular weight excluding hydrogens is 178 g/mol. The Bertz CT molecular complexity index is 449. The highest BCUT2D eigenvalue weighted by molar-refractivity contribution is 5.81. The highest BCUT2D eigenvalue weighted by Gasteiger charge is 2.10. The number of nitrogens with zero attached hydrogens (tertiary/aromatic N) is 1. The Labute approximate surface area is 82.2 Å². The predicted molar refractivity (Wildman–Crippen MR) is 52.8 cm³/mol. The van der Waals surface area contributed by atoms with Crippen LogP contribution in [-0.4, -0.2) is 11.9 Å². The van der Waals surface area contributed by atoms with Gasteiger partial charge >= 0.3 is 0 Å². The molecule has 0 unspecified atom stereocenters. The molecule has 1 heterocycles. The smallest absolute Gasteiger partial charge is 0.254 e. The van der Waals surface area contributed by atoms with Crippen molar-refractivity contribution < 1.29 is 14.4 Å². The second kappa shape index (κ2) is 3.64. The van der Waals surface area contributed by atoms with E-state index in [2.05, 4.69) is 0 Å². The van der Waals surface area contributed by atoms with E-state index in [9.17, 15) is 0 Å². The summed E-state index contributed by atoms with van der Waals surface area (Å²) in [7, 11) is 1.95. The van der Waals surface area contributed by atoms with Crippen LogP contribution in [0.4, 0.5) is 0 Å². The van der Waals surface area contributed by atoms with E-state index in [1.165, 1.54) is 0 Å². The van der Waals surface area contributed by atoms with Crippen molar-refractivity contribution in [1.29, 1.82) is 0 Å². The average Bonchev–Trinajstić information content (AvgIpc) is 2.19. The van der Waals surface area contributed by atoms with Gasteiger partial charge in [-0.1, -0.05) is 6.07 Å². The Hall–Kier alpha value is -1.61. The first kappa shape index (κ1) is 8.97. The molecule has 0 spiro atoms. The largest absolute Gasteiger partial charge is 0.461 e. The summed E-state index contributed by atoms with van der Waals surface area (Å²) in [4.78, 5) is 0. The lowest BCUT2D eigenvalue weighted by Gasteiger charge is -2.03. The summed E-state index contributed by atoms with van der Waals surface area (Å²) in [6.07, 6.45) is 1.95. The van der Waals surface area contributed by atoms with Gasteiger partial charge in [-0.05, 0) is 18.2 Å². The van der Waals surface area contributed by atoms with Crippen molar-refractivity contribution in [2.24, 2.45) is 7.05 Å². The van der Waals surface area contributed by atoms with E-state index in [1.54, 1.807) is 0 Å². The Morgan fingerprint density at radius 1 is 1.29 bits per heavy atom. The number of para-hydroxylation sites is 1. The first-order chi connectivity index (χ1) is 6.83. The molecule has 0 atom stereocenters. The molecule has 72 valence electrons. The molecule has 1 aromatic carbocycles. The maximum atomic E-state index is 8.74. The first-order valence-electron chi connectivity index (χ1n) is 4.44. The van der Waals surface area contributed by atoms with Crippen molar-refractivity contribution in [3.63, 3.8) is 0 Å². The predicted octanol–water partition coefficient (Wildman–Crippen LogP) is 0.993. The van der Waals surface area contributed by atoms with E-state index in [4.69, 9.17) is 9.84 Å². The van der Waals surface area contributed by atoms with Gasteiger partial charge in [0.25, 0.3) is 5.52 Å². The topological polar surface area (TPSA) is 33.3 Å². The molecule has 0 saturated heterocycles. The van der Waals surface area contributed by atoms with Gasteiger partial charge in [0, 0.05) is 6.07 Å². The van der Waals surface area contributed by atoms with Crippen LogP contribution in [-0.2, 0) is 7.05 Å². The maximum Gasteiger partial charge on any atom is 0.254 e. The highest BCUT2D eigenvalue weighted by atomic mass is 16.6. The lowest BCUT2D eigenvalue weighted by Crippen LogP contribution is -2.28. The van der Waals surface area contributed by atoms with Gasteiger partial charge in [0.15, 0.2) is 18.7 Å². The van der Waals surface area contributed by atoms with Crippen LogP contribution in [0.25, 0.3) is 10.9 Å². The number of hydrogen-bond acceptors (Lipinski definition) is 2. The van der Waals surface area contributed by atoms with Gasteiger partial charge < -0.3 is 9.84 Å². The summed E-state index contributed by atoms with van der Waals surface area (Å²) >= 11 is 0. The number of ether oxygens (including phenoxy) is 1. The lowest BCUT2D eigenvalue weighted by molar-refractivity contribution is -0.645. The third kappa shape index (κ3) is 1.42. The molecule has 0 aliphatic rings. The number of aliphatic hydroxyl groups is 1. The number of rotatable bonds is 2. The molecule has 0 aliphatic heterocycles. The molecule has 2 aromatic rings. The van der Waals surface area contributed by atoms with Crippen molar-refractivity contribution >= 4 is 10.9 Å². The molecule has 0 fully saturated rings. The van der Waals surface area contributed by atoms with E-state index in [0.717, 1.165) is 10.9 Å². The van der Waals surface area contributed by atoms with Gasteiger partial charge in [-0.25, -0.2) is 0 Å². The molecular formula is C11H12NO2+. The van der Waals surface area contributed by atoms with E-state index in [0.29, 0.717) is 5.75 Å². The second-order valence-corrected chi connectivity index (χ2v) is 3.09. The quantitative estimate of drug-likeness (QED) is 0.566. The molecule has 0 amide bonds. The fraction of sp³-hybridized carbons (Fsp3) is 0.182. The number of aromatic nitrogens is 1. The number of aliphatic hydroxyl groups excluding tert-OH is 1. The van der Waals surface area contributed by atoms with Crippen LogP contribution in [0.3, 0.4) is 0 Å². The summed E-state index contributed by atoms with van der Waals surface area (Å²) in [5.41, 5.74) is 0.990. The van der Waals surface area contributed by atoms with Gasteiger partial charge in [0.1, 0.15) is 7.05 Å². The van der Waals surface area contributed by atoms with Crippen molar-refractivity contribution in [2.45, 2.75) is 0 Å². The minimum absolute atomic E-state index is 0.298. The summed E-state index contributed by atoms with van der Waals surface area (Å²) in [5.74, 6) is 0.702. The SMILES string of the molecule is C[n+]1cccc2cccc(OCO)c21. The van der Waals surface area contributed by atoms with Crippen LogP contribution < -0.4 is 9.30 Å². The molecule has 3 heteroatoms. The number of aryl methyl sites for hydroxylation is 1. The molecule has 14 heavy (non-hydrogen) atoms. The normalized spacial score (nSPS) is 10.4. The zero-order valence-corrected chi connectivity index (χ0v) is 7.97. The molecule has 3 nitrogen and oxygen atoms in total. The molecule has 1 aromatic heterocycles. The number of pyridine rings is 1. The van der Waals surface area contributed by atoms with Crippen LogP contribution in [0.5, 0.6) is 5.75 Å². The zero-order valence-electron chi connectivity index (χ0n) is 7.97. The molecule has 0 aliphatic carbocycles. The molecule has 0 bridgehead atoms. The monoisotopic (exact) mass is 190 g/mol. The first-order valence-corrected chi connectivity index (χ1v) is 4.44. The lowest BCUT2D eigenvalue weighted by atomic mass is 10.2. The second-order valence-electron chi connectivity index (χ2n) is 3.09. The average molecular weight is 190 g/mol. The summed E-state index contributed by atoms with van der Waals surface area (Å²) in [6, 6.07) is 9.76. The van der Waals surface area contributed by atoms with E-state index < -0.39 is 0 Å². The molecule has 0 radical (unpaired) electrons. The minimum Gasteiger partial charge on any atom is -0.461 e. The number of benzene rings is 1. The van der Waals surface area contributed by atoms with Gasteiger partial charge in [-0.3, -0.25) is 0 Å². The van der Waals surface area contributed by atoms with Crippen LogP contribution >= 0.6 is 0 Å². The van der Waals surface area contributed by atoms with Crippen molar-refractivity contribution in [2.75, 3.05) is 6.79 Å². The number of hydrogen-bond donors (Lipinski definition) is 1. The Balaban J connectivity index is 2.71. The zero-order chi connectivity index (χ0) is 9.97. The van der Waals surface area contributed by atoms with Crippen molar-refractivity contribution in [3.05, 3.63) is 36.5 Å². The standard InChI is InChI=1S/C11H12NO2/c1-12-7-3-5-9-4-2-6-10(11(9)12)14-8-13/h2-7,13H,8H2,1H3/q+1. The van der Waals surface area contributed by atoms with Crippen LogP contribution in [0.15, 0.2) is 36.5 Å². The molecule has 2 rings (SSSR count). The highest BCUT2D eigenvalue weighted by Crippen LogP contribution is 2.21. The molecule has 0 saturated carbocycles. The summed E-state index contributed by atoms with van der Waals surface area (Å²) in [5, 5.41) is 9.84. The van der Waals surface area contributed by atoms with Gasteiger partial charge in [0.2, 0.25) is 0 Å². The third-order valence-electron chi connectivity index (χ3n) is 2.19. The summed E-state index contributed by atoms with van der Waals surface area (Å²) < 4.78 is 7.11. The fourth-order valence-electron chi connectivity index (χ4n) is 1.59. The third-order valence-corrected chi connectivity index (χ3v) is 2.19. The van der Waals surface area contributed by atoms with Crippen molar-refractivity contribution in [3.8, 4) is 5.75 Å². The van der Waals surface area contributed by atoms with Crippen LogP contribution in [0, 0.1) is 0 Å². The Kier molecular flexibility index (Phi) is 2.33. The fourth-order valence-corrected chi connectivity index (χ4v) is 1.59. The van der Waals surface area contributed by atoms with E-state index >= 15 is 0 Å². The maximum absolute atomic E-state index is 8.74. The number of fused-ring (bicyclic) bond motifs is 1. The Morgan fingerprint density at radius 3 is 2.86 bits per heavy atom. The van der Waals surface area contributed by atoms with E-state index in [1.807, 2.05) is 48.1 Å². The van der Waals surface area contributed by atoms with Gasteiger partial charge in [-0.2, -0.15) is 4.57 Å². The molecule has 1 N–H and O–H groups in total. The van der Waals surface area contributed by atoms with Crippen molar-refractivity contribution in [1.82, 2.24) is 0 Å². The van der Waals surface area contributed by atoms with Gasteiger partial charge in [0.05, 0.1) is 5.39 Å².